The van der Waals surface area contributed by atoms with E-state index in [9.17, 15) is 9.18 Å². The normalized spacial score (nSPS) is 9.83. The molecule has 0 fully saturated rings. The highest BCUT2D eigenvalue weighted by Crippen LogP contribution is 2.03. The summed E-state index contributed by atoms with van der Waals surface area (Å²) in [6, 6.07) is 11.1. The number of carbonyl (C=O) groups excluding carboxylic acids is 1. The summed E-state index contributed by atoms with van der Waals surface area (Å²) in [6.45, 7) is 0. The minimum Gasteiger partial charge on any atom is -0.282 e. The van der Waals surface area contributed by atoms with Gasteiger partial charge in [0.2, 0.25) is 5.91 Å². The molecule has 0 bridgehead atoms. The number of anilines is 1. The standard InChI is InChI=1S/C13H12FN3O/c14-11-6-4-10(5-7-11)9-13(18)17-16-12-3-1-2-8-15-12/h1-8H,9H2,(H,15,16)(H,17,18). The van der Waals surface area contributed by atoms with Crippen LogP contribution in [0.1, 0.15) is 5.56 Å². The summed E-state index contributed by atoms with van der Waals surface area (Å²) >= 11 is 0. The van der Waals surface area contributed by atoms with Crippen LogP contribution in [0.25, 0.3) is 0 Å². The van der Waals surface area contributed by atoms with Gasteiger partial charge in [0, 0.05) is 6.20 Å². The van der Waals surface area contributed by atoms with Crippen molar-refractivity contribution in [2.75, 3.05) is 5.43 Å². The molecule has 0 aliphatic heterocycles. The minimum atomic E-state index is -0.314. The number of hydrogen-bond donors (Lipinski definition) is 2. The zero-order chi connectivity index (χ0) is 12.8. The molecule has 0 spiro atoms. The lowest BCUT2D eigenvalue weighted by Crippen LogP contribution is -2.31. The Kier molecular flexibility index (Phi) is 3.86. The molecular weight excluding hydrogens is 233 g/mol. The van der Waals surface area contributed by atoms with Crippen LogP contribution in [0, 0.1) is 5.82 Å². The van der Waals surface area contributed by atoms with E-state index < -0.39 is 0 Å². The third kappa shape index (κ3) is 3.55. The molecule has 1 heterocycles. The second kappa shape index (κ2) is 5.77. The van der Waals surface area contributed by atoms with Gasteiger partial charge >= 0.3 is 0 Å². The van der Waals surface area contributed by atoms with Crippen molar-refractivity contribution in [3.8, 4) is 0 Å². The Labute approximate surface area is 104 Å². The first-order valence-electron chi connectivity index (χ1n) is 5.44. The maximum Gasteiger partial charge on any atom is 0.242 e. The molecule has 0 atom stereocenters. The number of nitrogens with zero attached hydrogens (tertiary/aromatic N) is 1. The van der Waals surface area contributed by atoms with E-state index in [2.05, 4.69) is 15.8 Å². The number of hydrazine groups is 1. The number of aromatic nitrogens is 1. The van der Waals surface area contributed by atoms with Crippen LogP contribution in [0.5, 0.6) is 0 Å². The molecule has 0 aliphatic carbocycles. The Morgan fingerprint density at radius 3 is 2.61 bits per heavy atom. The molecule has 0 unspecified atom stereocenters. The zero-order valence-electron chi connectivity index (χ0n) is 9.56. The zero-order valence-corrected chi connectivity index (χ0v) is 9.56. The molecule has 1 aromatic heterocycles. The highest BCUT2D eigenvalue weighted by molar-refractivity contribution is 5.79. The Balaban J connectivity index is 1.84. The summed E-state index contributed by atoms with van der Waals surface area (Å²) in [7, 11) is 0. The van der Waals surface area contributed by atoms with E-state index >= 15 is 0 Å². The first-order chi connectivity index (χ1) is 8.74. The molecular formula is C13H12FN3O. The molecule has 2 N–H and O–H groups in total. The lowest BCUT2D eigenvalue weighted by atomic mass is 10.1. The number of pyridine rings is 1. The minimum absolute atomic E-state index is 0.181. The number of benzene rings is 1. The average Bonchev–Trinajstić information content (AvgIpc) is 2.40. The quantitative estimate of drug-likeness (QED) is 0.809. The van der Waals surface area contributed by atoms with Crippen molar-refractivity contribution in [1.29, 1.82) is 0 Å². The van der Waals surface area contributed by atoms with Crippen LogP contribution in [-0.4, -0.2) is 10.9 Å². The molecule has 5 heteroatoms. The van der Waals surface area contributed by atoms with Gasteiger partial charge in [-0.15, -0.1) is 0 Å². The van der Waals surface area contributed by atoms with Crippen LogP contribution in [0.2, 0.25) is 0 Å². The van der Waals surface area contributed by atoms with Crippen LogP contribution in [0.4, 0.5) is 10.2 Å². The van der Waals surface area contributed by atoms with E-state index in [0.717, 1.165) is 5.56 Å². The highest BCUT2D eigenvalue weighted by atomic mass is 19.1. The van der Waals surface area contributed by atoms with Crippen LogP contribution in [0.3, 0.4) is 0 Å². The lowest BCUT2D eigenvalue weighted by Gasteiger charge is -2.07. The number of carbonyl (C=O) groups is 1. The first kappa shape index (κ1) is 12.0. The summed E-state index contributed by atoms with van der Waals surface area (Å²) in [6.07, 6.45) is 1.80. The van der Waals surface area contributed by atoms with Crippen LogP contribution in [0.15, 0.2) is 48.7 Å². The Morgan fingerprint density at radius 1 is 1.17 bits per heavy atom. The van der Waals surface area contributed by atoms with Crippen LogP contribution >= 0.6 is 0 Å². The Bertz CT molecular complexity index is 514. The summed E-state index contributed by atoms with van der Waals surface area (Å²) < 4.78 is 12.7. The van der Waals surface area contributed by atoms with Gasteiger partial charge in [-0.2, -0.15) is 0 Å². The summed E-state index contributed by atoms with van der Waals surface area (Å²) in [5, 5.41) is 0. The Hall–Kier alpha value is -2.43. The van der Waals surface area contributed by atoms with Gasteiger partial charge in [-0.05, 0) is 29.8 Å². The number of amides is 1. The van der Waals surface area contributed by atoms with Gasteiger partial charge in [-0.3, -0.25) is 15.6 Å². The third-order valence-corrected chi connectivity index (χ3v) is 2.27. The molecule has 4 nitrogen and oxygen atoms in total. The molecule has 92 valence electrons. The fraction of sp³-hybridized carbons (Fsp3) is 0.0769. The van der Waals surface area contributed by atoms with Gasteiger partial charge in [-0.1, -0.05) is 18.2 Å². The SMILES string of the molecule is O=C(Cc1ccc(F)cc1)NNc1ccccn1. The van der Waals surface area contributed by atoms with Gasteiger partial charge in [-0.25, -0.2) is 9.37 Å². The number of nitrogens with one attached hydrogen (secondary N) is 2. The second-order valence-corrected chi connectivity index (χ2v) is 3.69. The fourth-order valence-electron chi connectivity index (χ4n) is 1.40. The monoisotopic (exact) mass is 245 g/mol. The summed E-state index contributed by atoms with van der Waals surface area (Å²) in [5.41, 5.74) is 5.96. The molecule has 1 amide bonds. The fourth-order valence-corrected chi connectivity index (χ4v) is 1.40. The average molecular weight is 245 g/mol. The van der Waals surface area contributed by atoms with Crippen molar-refractivity contribution < 1.29 is 9.18 Å². The van der Waals surface area contributed by atoms with E-state index in [0.29, 0.717) is 5.82 Å². The van der Waals surface area contributed by atoms with Crippen molar-refractivity contribution in [3.63, 3.8) is 0 Å². The molecule has 0 saturated heterocycles. The van der Waals surface area contributed by atoms with Crippen molar-refractivity contribution in [2.45, 2.75) is 6.42 Å². The summed E-state index contributed by atoms with van der Waals surface area (Å²) in [5.74, 6) is 0.0305. The predicted octanol–water partition coefficient (Wildman–Crippen LogP) is 1.91. The first-order valence-corrected chi connectivity index (χ1v) is 5.44. The maximum absolute atomic E-state index is 12.7. The lowest BCUT2D eigenvalue weighted by molar-refractivity contribution is -0.119. The van der Waals surface area contributed by atoms with Crippen LogP contribution in [-0.2, 0) is 11.2 Å². The van der Waals surface area contributed by atoms with Crippen LogP contribution < -0.4 is 10.9 Å². The molecule has 18 heavy (non-hydrogen) atoms. The van der Waals surface area contributed by atoms with Gasteiger partial charge < -0.3 is 0 Å². The number of hydrogen-bond acceptors (Lipinski definition) is 3. The summed E-state index contributed by atoms with van der Waals surface area (Å²) in [4.78, 5) is 15.6. The van der Waals surface area contributed by atoms with E-state index in [1.54, 1.807) is 30.5 Å². The van der Waals surface area contributed by atoms with Crippen molar-refractivity contribution >= 4 is 11.7 Å². The molecule has 0 radical (unpaired) electrons. The topological polar surface area (TPSA) is 54.0 Å². The maximum atomic E-state index is 12.7. The largest absolute Gasteiger partial charge is 0.282 e. The number of rotatable bonds is 4. The third-order valence-electron chi connectivity index (χ3n) is 2.27. The van der Waals surface area contributed by atoms with Gasteiger partial charge in [0.15, 0.2) is 0 Å². The Morgan fingerprint density at radius 2 is 1.94 bits per heavy atom. The number of halogens is 1. The van der Waals surface area contributed by atoms with E-state index in [1.807, 2.05) is 6.07 Å². The van der Waals surface area contributed by atoms with Crippen molar-refractivity contribution in [1.82, 2.24) is 10.4 Å². The van der Waals surface area contributed by atoms with E-state index in [4.69, 9.17) is 0 Å². The second-order valence-electron chi connectivity index (χ2n) is 3.69. The van der Waals surface area contributed by atoms with Gasteiger partial charge in [0.25, 0.3) is 0 Å². The van der Waals surface area contributed by atoms with E-state index in [-0.39, 0.29) is 18.1 Å². The predicted molar refractivity (Wildman–Crippen MR) is 66.1 cm³/mol. The van der Waals surface area contributed by atoms with Crippen molar-refractivity contribution in [2.24, 2.45) is 0 Å². The van der Waals surface area contributed by atoms with Gasteiger partial charge in [0.05, 0.1) is 6.42 Å². The molecule has 2 rings (SSSR count). The molecule has 0 aliphatic rings. The van der Waals surface area contributed by atoms with Gasteiger partial charge in [0.1, 0.15) is 11.6 Å². The molecule has 1 aromatic carbocycles. The molecule has 0 saturated carbocycles. The molecule has 2 aromatic rings. The van der Waals surface area contributed by atoms with E-state index in [1.165, 1.54) is 12.1 Å². The van der Waals surface area contributed by atoms with Crippen molar-refractivity contribution in [3.05, 3.63) is 60.0 Å². The highest BCUT2D eigenvalue weighted by Gasteiger charge is 2.03. The smallest absolute Gasteiger partial charge is 0.242 e.